The maximum absolute atomic E-state index is 12.3. The molecule has 2 saturated carbocycles. The SMILES string of the molecule is CC1(C)[C@@H]2CC[C@@]1(C)/C(=N/NC(=O)c1cc3ccccc3o1)C2. The Labute approximate surface area is 135 Å². The Bertz CT molecular complexity index is 785. The van der Waals surface area contributed by atoms with Gasteiger partial charge in [0.1, 0.15) is 5.58 Å². The summed E-state index contributed by atoms with van der Waals surface area (Å²) in [5, 5.41) is 5.41. The lowest BCUT2D eigenvalue weighted by molar-refractivity contribution is 0.0928. The van der Waals surface area contributed by atoms with Gasteiger partial charge in [-0.2, -0.15) is 5.10 Å². The van der Waals surface area contributed by atoms with Crippen molar-refractivity contribution >= 4 is 22.6 Å². The van der Waals surface area contributed by atoms with E-state index < -0.39 is 0 Å². The van der Waals surface area contributed by atoms with E-state index in [1.54, 1.807) is 6.07 Å². The molecule has 1 aromatic carbocycles. The molecule has 0 unspecified atom stereocenters. The Morgan fingerprint density at radius 2 is 2.09 bits per heavy atom. The van der Waals surface area contributed by atoms with Crippen molar-refractivity contribution in [1.82, 2.24) is 5.43 Å². The molecule has 1 heterocycles. The van der Waals surface area contributed by atoms with Crippen LogP contribution in [0, 0.1) is 16.7 Å². The van der Waals surface area contributed by atoms with E-state index in [-0.39, 0.29) is 16.7 Å². The largest absolute Gasteiger partial charge is 0.451 e. The highest BCUT2D eigenvalue weighted by molar-refractivity contribution is 5.98. The first-order valence-electron chi connectivity index (χ1n) is 8.28. The van der Waals surface area contributed by atoms with Crippen molar-refractivity contribution < 1.29 is 9.21 Å². The van der Waals surface area contributed by atoms with Crippen LogP contribution in [0.15, 0.2) is 39.9 Å². The average Bonchev–Trinajstić information content (AvgIpc) is 3.11. The van der Waals surface area contributed by atoms with Gasteiger partial charge in [-0.15, -0.1) is 0 Å². The number of rotatable bonds is 2. The van der Waals surface area contributed by atoms with Crippen LogP contribution in [-0.2, 0) is 0 Å². The molecular formula is C19H22N2O2. The maximum atomic E-state index is 12.3. The normalized spacial score (nSPS) is 30.2. The van der Waals surface area contributed by atoms with Crippen molar-refractivity contribution in [1.29, 1.82) is 0 Å². The third-order valence-electron chi connectivity index (χ3n) is 6.45. The number of hydrazone groups is 1. The number of para-hydroxylation sites is 1. The van der Waals surface area contributed by atoms with Crippen LogP contribution in [-0.4, -0.2) is 11.6 Å². The minimum Gasteiger partial charge on any atom is -0.451 e. The van der Waals surface area contributed by atoms with Crippen molar-refractivity contribution in [3.8, 4) is 0 Å². The summed E-state index contributed by atoms with van der Waals surface area (Å²) in [6, 6.07) is 9.37. The van der Waals surface area contributed by atoms with E-state index in [0.717, 1.165) is 29.5 Å². The molecule has 4 rings (SSSR count). The summed E-state index contributed by atoms with van der Waals surface area (Å²) in [7, 11) is 0. The molecule has 2 aliphatic rings. The van der Waals surface area contributed by atoms with Crippen LogP contribution < -0.4 is 5.43 Å². The van der Waals surface area contributed by atoms with Gasteiger partial charge in [0, 0.05) is 16.5 Å². The minimum absolute atomic E-state index is 0.0961. The molecule has 0 saturated heterocycles. The summed E-state index contributed by atoms with van der Waals surface area (Å²) in [5.74, 6) is 0.704. The second-order valence-corrected chi connectivity index (χ2v) is 7.64. The molecule has 4 heteroatoms. The molecule has 0 aliphatic heterocycles. The van der Waals surface area contributed by atoms with E-state index in [9.17, 15) is 4.79 Å². The van der Waals surface area contributed by atoms with E-state index in [1.807, 2.05) is 24.3 Å². The predicted octanol–water partition coefficient (Wildman–Crippen LogP) is 4.36. The maximum Gasteiger partial charge on any atom is 0.307 e. The highest BCUT2D eigenvalue weighted by Gasteiger charge is 2.60. The molecule has 120 valence electrons. The Kier molecular flexibility index (Phi) is 2.96. The number of hydrogen-bond acceptors (Lipinski definition) is 3. The number of nitrogens with one attached hydrogen (secondary N) is 1. The van der Waals surface area contributed by atoms with Gasteiger partial charge >= 0.3 is 5.91 Å². The Balaban J connectivity index is 1.56. The smallest absolute Gasteiger partial charge is 0.307 e. The third-order valence-corrected chi connectivity index (χ3v) is 6.45. The van der Waals surface area contributed by atoms with Gasteiger partial charge in [-0.3, -0.25) is 4.79 Å². The lowest BCUT2D eigenvalue weighted by Gasteiger charge is -2.34. The lowest BCUT2D eigenvalue weighted by Crippen LogP contribution is -2.34. The van der Waals surface area contributed by atoms with Gasteiger partial charge in [0.15, 0.2) is 5.76 Å². The number of benzene rings is 1. The molecule has 1 N–H and O–H groups in total. The summed E-state index contributed by atoms with van der Waals surface area (Å²) in [4.78, 5) is 12.3. The van der Waals surface area contributed by atoms with Crippen molar-refractivity contribution in [3.05, 3.63) is 36.1 Å². The minimum atomic E-state index is -0.280. The molecule has 0 radical (unpaired) electrons. The zero-order chi connectivity index (χ0) is 16.2. The van der Waals surface area contributed by atoms with Crippen molar-refractivity contribution in [2.24, 2.45) is 21.8 Å². The lowest BCUT2D eigenvalue weighted by atomic mass is 9.70. The number of nitrogens with zero attached hydrogens (tertiary/aromatic N) is 1. The van der Waals surface area contributed by atoms with E-state index in [2.05, 4.69) is 31.3 Å². The molecule has 2 atom stereocenters. The zero-order valence-electron chi connectivity index (χ0n) is 13.8. The highest BCUT2D eigenvalue weighted by atomic mass is 16.3. The molecule has 4 nitrogen and oxygen atoms in total. The van der Waals surface area contributed by atoms with Crippen molar-refractivity contribution in [3.63, 3.8) is 0 Å². The fraction of sp³-hybridized carbons (Fsp3) is 0.474. The molecule has 2 fully saturated rings. The summed E-state index contributed by atoms with van der Waals surface area (Å²) in [6.07, 6.45) is 3.41. The van der Waals surface area contributed by atoms with Crippen LogP contribution in [0.5, 0.6) is 0 Å². The quantitative estimate of drug-likeness (QED) is 0.838. The van der Waals surface area contributed by atoms with E-state index in [0.29, 0.717) is 11.7 Å². The average molecular weight is 310 g/mol. The number of amides is 1. The monoisotopic (exact) mass is 310 g/mol. The van der Waals surface area contributed by atoms with Gasteiger partial charge < -0.3 is 4.42 Å². The van der Waals surface area contributed by atoms with E-state index >= 15 is 0 Å². The molecule has 2 bridgehead atoms. The molecule has 0 spiro atoms. The molecule has 23 heavy (non-hydrogen) atoms. The highest BCUT2D eigenvalue weighted by Crippen LogP contribution is 2.63. The van der Waals surface area contributed by atoms with Crippen LogP contribution in [0.4, 0.5) is 0 Å². The molecular weight excluding hydrogens is 288 g/mol. The zero-order valence-corrected chi connectivity index (χ0v) is 13.8. The molecule has 2 aliphatic carbocycles. The Hall–Kier alpha value is -2.10. The first-order valence-corrected chi connectivity index (χ1v) is 8.28. The first-order chi connectivity index (χ1) is 10.9. The van der Waals surface area contributed by atoms with Gasteiger partial charge in [0.05, 0.1) is 0 Å². The van der Waals surface area contributed by atoms with Crippen LogP contribution in [0.25, 0.3) is 11.0 Å². The topological polar surface area (TPSA) is 54.6 Å². The van der Waals surface area contributed by atoms with Crippen LogP contribution in [0.1, 0.15) is 50.6 Å². The Morgan fingerprint density at radius 1 is 1.30 bits per heavy atom. The van der Waals surface area contributed by atoms with Crippen LogP contribution in [0.2, 0.25) is 0 Å². The fourth-order valence-electron chi connectivity index (χ4n) is 4.36. The number of fused-ring (bicyclic) bond motifs is 3. The number of furan rings is 1. The molecule has 1 aromatic heterocycles. The Morgan fingerprint density at radius 3 is 2.74 bits per heavy atom. The summed E-state index contributed by atoms with van der Waals surface area (Å²) >= 11 is 0. The summed E-state index contributed by atoms with van der Waals surface area (Å²) in [6.45, 7) is 6.94. The van der Waals surface area contributed by atoms with E-state index in [1.165, 1.54) is 6.42 Å². The van der Waals surface area contributed by atoms with E-state index in [4.69, 9.17) is 4.42 Å². The second-order valence-electron chi connectivity index (χ2n) is 7.64. The first kappa shape index (κ1) is 14.5. The van der Waals surface area contributed by atoms with Crippen molar-refractivity contribution in [2.75, 3.05) is 0 Å². The second kappa shape index (κ2) is 4.70. The summed E-state index contributed by atoms with van der Waals surface area (Å²) < 4.78 is 5.59. The van der Waals surface area contributed by atoms with Gasteiger partial charge in [0.2, 0.25) is 0 Å². The van der Waals surface area contributed by atoms with Crippen LogP contribution >= 0.6 is 0 Å². The molecule has 1 amide bonds. The van der Waals surface area contributed by atoms with Crippen molar-refractivity contribution in [2.45, 2.75) is 40.0 Å². The summed E-state index contributed by atoms with van der Waals surface area (Å²) in [5.41, 5.74) is 4.91. The molecule has 2 aromatic rings. The number of carbonyl (C=O) groups is 1. The van der Waals surface area contributed by atoms with Gasteiger partial charge in [-0.1, -0.05) is 39.0 Å². The third kappa shape index (κ3) is 1.97. The fourth-order valence-corrected chi connectivity index (χ4v) is 4.36. The standard InChI is InChI=1S/C19H22N2O2/c1-18(2)13-8-9-19(18,3)16(11-13)20-21-17(22)15-10-12-6-4-5-7-14(12)23-15/h4-7,10,13H,8-9,11H2,1-3H3,(H,21,22)/b20-16+/t13-,19+/m1/s1. The van der Waals surface area contributed by atoms with Gasteiger partial charge in [0.25, 0.3) is 0 Å². The number of carbonyl (C=O) groups excluding carboxylic acids is 1. The number of hydrogen-bond donors (Lipinski definition) is 1. The predicted molar refractivity (Wildman–Crippen MR) is 90.3 cm³/mol. The van der Waals surface area contributed by atoms with Crippen LogP contribution in [0.3, 0.4) is 0 Å². The van der Waals surface area contributed by atoms with Gasteiger partial charge in [-0.05, 0) is 42.7 Å². The van der Waals surface area contributed by atoms with Gasteiger partial charge in [-0.25, -0.2) is 5.43 Å².